The third kappa shape index (κ3) is 4.12. The van der Waals surface area contributed by atoms with E-state index in [1.54, 1.807) is 45.7 Å². The summed E-state index contributed by atoms with van der Waals surface area (Å²) in [6.45, 7) is 5.29. The number of ketones is 1. The molecule has 25 heavy (non-hydrogen) atoms. The van der Waals surface area contributed by atoms with Gasteiger partial charge < -0.3 is 4.57 Å². The van der Waals surface area contributed by atoms with E-state index < -0.39 is 5.41 Å². The average molecular weight is 373 g/mol. The minimum Gasteiger partial charge on any atom is -0.301 e. The van der Waals surface area contributed by atoms with E-state index in [0.717, 1.165) is 10.5 Å². The summed E-state index contributed by atoms with van der Waals surface area (Å²) in [5.74, 6) is -0.261. The number of nitrogens with zero attached hydrogens (tertiary/aromatic N) is 2. The lowest BCUT2D eigenvalue weighted by atomic mass is 9.87. The maximum absolute atomic E-state index is 12.5. The van der Waals surface area contributed by atoms with Crippen LogP contribution in [0.1, 0.15) is 26.3 Å². The summed E-state index contributed by atoms with van der Waals surface area (Å²) < 4.78 is 2.29. The van der Waals surface area contributed by atoms with Crippen LogP contribution in [-0.4, -0.2) is 16.6 Å². The van der Waals surface area contributed by atoms with Gasteiger partial charge in [0, 0.05) is 17.4 Å². The lowest BCUT2D eigenvalue weighted by molar-refractivity contribution is -0.120. The van der Waals surface area contributed by atoms with Crippen LogP contribution >= 0.6 is 23.1 Å². The summed E-state index contributed by atoms with van der Waals surface area (Å²) in [4.78, 5) is 26.2. The van der Waals surface area contributed by atoms with Gasteiger partial charge in [-0.3, -0.25) is 9.59 Å². The molecule has 130 valence electrons. The predicted molar refractivity (Wildman–Crippen MR) is 104 cm³/mol. The highest BCUT2D eigenvalue weighted by Crippen LogP contribution is 2.19. The summed E-state index contributed by atoms with van der Waals surface area (Å²) >= 11 is 2.83. The van der Waals surface area contributed by atoms with Crippen LogP contribution in [0.15, 0.2) is 34.0 Å². The molecule has 0 fully saturated rings. The highest BCUT2D eigenvalue weighted by molar-refractivity contribution is 7.98. The molecular formula is C19H20N2O2S2. The topological polar surface area (TPSA) is 62.9 Å². The van der Waals surface area contributed by atoms with Crippen molar-refractivity contribution < 1.29 is 4.79 Å². The smallest absolute Gasteiger partial charge is 0.268 e. The van der Waals surface area contributed by atoms with Crippen molar-refractivity contribution in [2.45, 2.75) is 25.7 Å². The number of hydrogen-bond donors (Lipinski definition) is 0. The Morgan fingerprint density at radius 3 is 2.36 bits per heavy atom. The van der Waals surface area contributed by atoms with E-state index in [1.807, 2.05) is 36.6 Å². The molecular weight excluding hydrogens is 352 g/mol. The minimum absolute atomic E-state index is 0.0366. The first kappa shape index (κ1) is 19.2. The molecule has 1 aromatic heterocycles. The maximum atomic E-state index is 12.5. The van der Waals surface area contributed by atoms with Gasteiger partial charge in [-0.1, -0.05) is 32.9 Å². The molecule has 0 amide bonds. The summed E-state index contributed by atoms with van der Waals surface area (Å²) in [6, 6.07) is 9.86. The molecule has 1 aromatic carbocycles. The van der Waals surface area contributed by atoms with E-state index >= 15 is 0 Å². The van der Waals surface area contributed by atoms with Gasteiger partial charge >= 0.3 is 0 Å². The van der Waals surface area contributed by atoms with Crippen molar-refractivity contribution in [2.75, 3.05) is 6.26 Å². The molecule has 0 aliphatic carbocycles. The molecule has 0 spiro atoms. The molecule has 0 saturated heterocycles. The van der Waals surface area contributed by atoms with Crippen molar-refractivity contribution in [3.8, 4) is 6.07 Å². The Morgan fingerprint density at radius 2 is 1.88 bits per heavy atom. The summed E-state index contributed by atoms with van der Waals surface area (Å²) in [5.41, 5.74) is 0.0599. The van der Waals surface area contributed by atoms with Gasteiger partial charge in [-0.2, -0.15) is 5.26 Å². The van der Waals surface area contributed by atoms with Gasteiger partial charge in [0.05, 0.1) is 4.53 Å². The molecule has 1 heterocycles. The average Bonchev–Trinajstić information content (AvgIpc) is 2.84. The van der Waals surface area contributed by atoms with E-state index in [1.165, 1.54) is 15.9 Å². The second-order valence-corrected chi connectivity index (χ2v) is 8.53. The van der Waals surface area contributed by atoms with E-state index in [-0.39, 0.29) is 16.9 Å². The third-order valence-corrected chi connectivity index (χ3v) is 5.60. The minimum atomic E-state index is -0.678. The molecule has 6 heteroatoms. The van der Waals surface area contributed by atoms with Crippen LogP contribution < -0.4 is 14.8 Å². The molecule has 2 aromatic rings. The molecule has 0 N–H and O–H groups in total. The molecule has 0 bridgehead atoms. The Labute approximate surface area is 155 Å². The van der Waals surface area contributed by atoms with E-state index in [9.17, 15) is 14.9 Å². The van der Waals surface area contributed by atoms with Crippen molar-refractivity contribution in [3.63, 3.8) is 0 Å². The Balaban J connectivity index is 2.69. The number of rotatable bonds is 3. The number of Topliss-reactive ketones (excluding diaryl/α,β-unsaturated/α-hetero) is 1. The Morgan fingerprint density at radius 1 is 1.28 bits per heavy atom. The fourth-order valence-electron chi connectivity index (χ4n) is 2.21. The van der Waals surface area contributed by atoms with Crippen molar-refractivity contribution in [3.05, 3.63) is 49.4 Å². The number of thioether (sulfide) groups is 1. The third-order valence-electron chi connectivity index (χ3n) is 3.67. The van der Waals surface area contributed by atoms with Crippen molar-refractivity contribution in [2.24, 2.45) is 12.5 Å². The van der Waals surface area contributed by atoms with Gasteiger partial charge in [-0.25, -0.2) is 0 Å². The SMILES string of the molecule is CSc1ccc(/C=c2\s/c(=C(/C#N)C(=O)C(C)(C)C)n(C)c2=O)cc1. The predicted octanol–water partition coefficient (Wildman–Crippen LogP) is 2.29. The van der Waals surface area contributed by atoms with Gasteiger partial charge in [0.15, 0.2) is 5.78 Å². The maximum Gasteiger partial charge on any atom is 0.268 e. The molecule has 0 unspecified atom stereocenters. The number of aromatic nitrogens is 1. The van der Waals surface area contributed by atoms with Gasteiger partial charge in [0.1, 0.15) is 16.3 Å². The highest BCUT2D eigenvalue weighted by Gasteiger charge is 2.26. The first-order valence-electron chi connectivity index (χ1n) is 7.70. The lowest BCUT2D eigenvalue weighted by Crippen LogP contribution is -2.32. The van der Waals surface area contributed by atoms with Crippen LogP contribution in [0.3, 0.4) is 0 Å². The molecule has 4 nitrogen and oxygen atoms in total. The number of thiazole rings is 1. The van der Waals surface area contributed by atoms with Crippen molar-refractivity contribution in [1.82, 2.24) is 4.57 Å². The van der Waals surface area contributed by atoms with Crippen LogP contribution in [0.5, 0.6) is 0 Å². The largest absolute Gasteiger partial charge is 0.301 e. The molecule has 0 saturated carbocycles. The second kappa shape index (κ2) is 7.42. The van der Waals surface area contributed by atoms with Gasteiger partial charge in [-0.05, 0) is 30.0 Å². The number of carbonyl (C=O) groups is 1. The van der Waals surface area contributed by atoms with Crippen molar-refractivity contribution >= 4 is 40.5 Å². The summed E-state index contributed by atoms with van der Waals surface area (Å²) in [5, 5.41) is 9.46. The second-order valence-electron chi connectivity index (χ2n) is 6.62. The first-order chi connectivity index (χ1) is 11.7. The van der Waals surface area contributed by atoms with Crippen LogP contribution in [-0.2, 0) is 11.8 Å². The Hall–Kier alpha value is -2.10. The van der Waals surface area contributed by atoms with E-state index in [2.05, 4.69) is 0 Å². The fourth-order valence-corrected chi connectivity index (χ4v) is 3.70. The van der Waals surface area contributed by atoms with E-state index in [4.69, 9.17) is 0 Å². The number of nitriles is 1. The van der Waals surface area contributed by atoms with Crippen LogP contribution in [0, 0.1) is 16.7 Å². The molecule has 0 aliphatic rings. The molecule has 2 rings (SSSR count). The van der Waals surface area contributed by atoms with Crippen molar-refractivity contribution in [1.29, 1.82) is 5.26 Å². The number of benzene rings is 1. The van der Waals surface area contributed by atoms with Crippen LogP contribution in [0.25, 0.3) is 11.6 Å². The monoisotopic (exact) mass is 372 g/mol. The summed E-state index contributed by atoms with van der Waals surface area (Å²) in [6.07, 6.45) is 3.79. The zero-order valence-electron chi connectivity index (χ0n) is 14.9. The van der Waals surface area contributed by atoms with Crippen LogP contribution in [0.4, 0.5) is 0 Å². The first-order valence-corrected chi connectivity index (χ1v) is 9.74. The van der Waals surface area contributed by atoms with Crippen LogP contribution in [0.2, 0.25) is 0 Å². The number of carbonyl (C=O) groups excluding carboxylic acids is 1. The fraction of sp³-hybridized carbons (Fsp3) is 0.316. The molecule has 0 radical (unpaired) electrons. The van der Waals surface area contributed by atoms with Gasteiger partial charge in [-0.15, -0.1) is 23.1 Å². The number of hydrogen-bond acceptors (Lipinski definition) is 5. The quantitative estimate of drug-likeness (QED) is 0.776. The van der Waals surface area contributed by atoms with Gasteiger partial charge in [0.25, 0.3) is 5.56 Å². The zero-order chi connectivity index (χ0) is 18.8. The molecule has 0 atom stereocenters. The Kier molecular flexibility index (Phi) is 5.71. The lowest BCUT2D eigenvalue weighted by Gasteiger charge is -2.15. The zero-order valence-corrected chi connectivity index (χ0v) is 16.5. The highest BCUT2D eigenvalue weighted by atomic mass is 32.2. The summed E-state index contributed by atoms with van der Waals surface area (Å²) in [7, 11) is 1.59. The molecule has 0 aliphatic heterocycles. The Bertz CT molecular complexity index is 1010. The standard InChI is InChI=1S/C19H20N2O2S2/c1-19(2,3)16(22)14(11-20)18-21(4)17(23)15(25-18)10-12-6-8-13(24-5)9-7-12/h6-10H,1-5H3/b15-10-,18-14-. The van der Waals surface area contributed by atoms with E-state index in [0.29, 0.717) is 9.20 Å². The normalized spacial score (nSPS) is 13.5. The van der Waals surface area contributed by atoms with Gasteiger partial charge in [0.2, 0.25) is 0 Å².